The minimum Gasteiger partial charge on any atom is -0.369 e. The summed E-state index contributed by atoms with van der Waals surface area (Å²) in [5, 5.41) is 4.07. The standard InChI is InChI=1S/C15H22ClFN2/c1-11(2)8-18-9-12-5-6-19(10-12)15-7-13(16)3-4-14(15)17/h3-4,7,11-12,18H,5-6,8-10H2,1-2H3. The van der Waals surface area contributed by atoms with Gasteiger partial charge in [-0.15, -0.1) is 0 Å². The fraction of sp³-hybridized carbons (Fsp3) is 0.600. The van der Waals surface area contributed by atoms with E-state index in [0.717, 1.165) is 32.6 Å². The Bertz CT molecular complexity index is 423. The molecule has 0 saturated carbocycles. The molecule has 0 radical (unpaired) electrons. The Labute approximate surface area is 119 Å². The molecule has 106 valence electrons. The average molecular weight is 285 g/mol. The van der Waals surface area contributed by atoms with E-state index >= 15 is 0 Å². The lowest BCUT2D eigenvalue weighted by Gasteiger charge is -2.20. The molecular formula is C15H22ClFN2. The largest absolute Gasteiger partial charge is 0.369 e. The number of hydrogen-bond donors (Lipinski definition) is 1. The van der Waals surface area contributed by atoms with Crippen LogP contribution in [0.15, 0.2) is 18.2 Å². The van der Waals surface area contributed by atoms with Crippen LogP contribution in [0.25, 0.3) is 0 Å². The summed E-state index contributed by atoms with van der Waals surface area (Å²) in [5.74, 6) is 1.08. The second-order valence-electron chi connectivity index (χ2n) is 5.75. The second kappa shape index (κ2) is 6.58. The van der Waals surface area contributed by atoms with Crippen LogP contribution in [0, 0.1) is 17.7 Å². The van der Waals surface area contributed by atoms with Gasteiger partial charge in [-0.2, -0.15) is 0 Å². The molecule has 2 rings (SSSR count). The Morgan fingerprint density at radius 1 is 1.47 bits per heavy atom. The lowest BCUT2D eigenvalue weighted by molar-refractivity contribution is 0.477. The van der Waals surface area contributed by atoms with Crippen molar-refractivity contribution in [2.45, 2.75) is 20.3 Å². The molecule has 1 aromatic carbocycles. The Kier molecular flexibility index (Phi) is 5.06. The predicted molar refractivity (Wildman–Crippen MR) is 79.4 cm³/mol. The molecule has 1 aromatic rings. The normalized spacial score (nSPS) is 19.4. The van der Waals surface area contributed by atoms with E-state index in [1.54, 1.807) is 12.1 Å². The maximum Gasteiger partial charge on any atom is 0.146 e. The summed E-state index contributed by atoms with van der Waals surface area (Å²) >= 11 is 5.94. The van der Waals surface area contributed by atoms with Crippen molar-refractivity contribution in [2.24, 2.45) is 11.8 Å². The van der Waals surface area contributed by atoms with Gasteiger partial charge in [-0.1, -0.05) is 25.4 Å². The van der Waals surface area contributed by atoms with Gasteiger partial charge in [0.15, 0.2) is 0 Å². The van der Waals surface area contributed by atoms with Crippen LogP contribution in [0.4, 0.5) is 10.1 Å². The molecule has 1 saturated heterocycles. The smallest absolute Gasteiger partial charge is 0.146 e. The van der Waals surface area contributed by atoms with E-state index in [1.165, 1.54) is 6.07 Å². The van der Waals surface area contributed by atoms with Crippen molar-refractivity contribution in [3.05, 3.63) is 29.0 Å². The maximum absolute atomic E-state index is 13.8. The number of benzene rings is 1. The van der Waals surface area contributed by atoms with Crippen LogP contribution in [-0.2, 0) is 0 Å². The van der Waals surface area contributed by atoms with Gasteiger partial charge in [0.1, 0.15) is 5.82 Å². The number of rotatable bonds is 5. The fourth-order valence-electron chi connectivity index (χ4n) is 2.52. The van der Waals surface area contributed by atoms with Crippen LogP contribution in [0.5, 0.6) is 0 Å². The fourth-order valence-corrected chi connectivity index (χ4v) is 2.69. The monoisotopic (exact) mass is 284 g/mol. The molecule has 0 amide bonds. The topological polar surface area (TPSA) is 15.3 Å². The number of anilines is 1. The van der Waals surface area contributed by atoms with Crippen LogP contribution in [0.2, 0.25) is 5.02 Å². The van der Waals surface area contributed by atoms with Gasteiger partial charge >= 0.3 is 0 Å². The first kappa shape index (κ1) is 14.6. The number of halogens is 2. The van der Waals surface area contributed by atoms with Gasteiger partial charge in [0, 0.05) is 18.1 Å². The Morgan fingerprint density at radius 3 is 3.00 bits per heavy atom. The van der Waals surface area contributed by atoms with Gasteiger partial charge in [-0.25, -0.2) is 4.39 Å². The third-order valence-electron chi connectivity index (χ3n) is 3.52. The van der Waals surface area contributed by atoms with Crippen molar-refractivity contribution in [1.29, 1.82) is 0 Å². The number of hydrogen-bond acceptors (Lipinski definition) is 2. The van der Waals surface area contributed by atoms with E-state index in [-0.39, 0.29) is 5.82 Å². The minimum absolute atomic E-state index is 0.180. The average Bonchev–Trinajstić information content (AvgIpc) is 2.80. The highest BCUT2D eigenvalue weighted by Crippen LogP contribution is 2.28. The molecule has 4 heteroatoms. The molecule has 1 heterocycles. The first-order valence-corrected chi connectivity index (χ1v) is 7.34. The highest BCUT2D eigenvalue weighted by atomic mass is 35.5. The maximum atomic E-state index is 13.8. The van der Waals surface area contributed by atoms with Crippen LogP contribution in [-0.4, -0.2) is 26.2 Å². The van der Waals surface area contributed by atoms with Gasteiger partial charge in [-0.3, -0.25) is 0 Å². The lowest BCUT2D eigenvalue weighted by Crippen LogP contribution is -2.29. The molecular weight excluding hydrogens is 263 g/mol. The predicted octanol–water partition coefficient (Wildman–Crippen LogP) is 3.55. The third-order valence-corrected chi connectivity index (χ3v) is 3.76. The molecule has 1 aliphatic heterocycles. The molecule has 1 atom stereocenters. The summed E-state index contributed by atoms with van der Waals surface area (Å²) in [6.07, 6.45) is 1.11. The summed E-state index contributed by atoms with van der Waals surface area (Å²) in [7, 11) is 0. The van der Waals surface area contributed by atoms with E-state index < -0.39 is 0 Å². The quantitative estimate of drug-likeness (QED) is 0.889. The van der Waals surface area contributed by atoms with Crippen LogP contribution in [0.1, 0.15) is 20.3 Å². The van der Waals surface area contributed by atoms with E-state index in [2.05, 4.69) is 24.1 Å². The molecule has 1 fully saturated rings. The van der Waals surface area contributed by atoms with Crippen LogP contribution in [0.3, 0.4) is 0 Å². The molecule has 0 aliphatic carbocycles. The molecule has 0 bridgehead atoms. The molecule has 1 unspecified atom stereocenters. The second-order valence-corrected chi connectivity index (χ2v) is 6.18. The van der Waals surface area contributed by atoms with Crippen molar-refractivity contribution >= 4 is 17.3 Å². The SMILES string of the molecule is CC(C)CNCC1CCN(c2cc(Cl)ccc2F)C1. The molecule has 0 spiro atoms. The lowest BCUT2D eigenvalue weighted by atomic mass is 10.1. The van der Waals surface area contributed by atoms with Crippen molar-refractivity contribution < 1.29 is 4.39 Å². The van der Waals surface area contributed by atoms with Gasteiger partial charge in [-0.05, 0) is 49.5 Å². The van der Waals surface area contributed by atoms with E-state index in [1.807, 2.05) is 0 Å². The number of nitrogens with zero attached hydrogens (tertiary/aromatic N) is 1. The Balaban J connectivity index is 1.89. The van der Waals surface area contributed by atoms with Gasteiger partial charge < -0.3 is 10.2 Å². The van der Waals surface area contributed by atoms with E-state index in [4.69, 9.17) is 11.6 Å². The molecule has 2 nitrogen and oxygen atoms in total. The molecule has 1 N–H and O–H groups in total. The van der Waals surface area contributed by atoms with Crippen molar-refractivity contribution in [2.75, 3.05) is 31.1 Å². The van der Waals surface area contributed by atoms with E-state index in [0.29, 0.717) is 22.5 Å². The van der Waals surface area contributed by atoms with Gasteiger partial charge in [0.25, 0.3) is 0 Å². The summed E-state index contributed by atoms with van der Waals surface area (Å²) in [6.45, 7) is 8.27. The highest BCUT2D eigenvalue weighted by molar-refractivity contribution is 6.30. The summed E-state index contributed by atoms with van der Waals surface area (Å²) in [6, 6.07) is 4.76. The summed E-state index contributed by atoms with van der Waals surface area (Å²) in [4.78, 5) is 2.10. The third kappa shape index (κ3) is 4.08. The summed E-state index contributed by atoms with van der Waals surface area (Å²) < 4.78 is 13.8. The zero-order valence-electron chi connectivity index (χ0n) is 11.6. The molecule has 19 heavy (non-hydrogen) atoms. The van der Waals surface area contributed by atoms with Crippen molar-refractivity contribution in [1.82, 2.24) is 5.32 Å². The van der Waals surface area contributed by atoms with Crippen LogP contribution < -0.4 is 10.2 Å². The van der Waals surface area contributed by atoms with Gasteiger partial charge in [0.2, 0.25) is 0 Å². The van der Waals surface area contributed by atoms with E-state index in [9.17, 15) is 4.39 Å². The Hall–Kier alpha value is -0.800. The minimum atomic E-state index is -0.180. The zero-order valence-corrected chi connectivity index (χ0v) is 12.4. The molecule has 1 aliphatic rings. The first-order chi connectivity index (χ1) is 9.06. The highest BCUT2D eigenvalue weighted by Gasteiger charge is 2.24. The summed E-state index contributed by atoms with van der Waals surface area (Å²) in [5.41, 5.74) is 0.638. The number of nitrogens with one attached hydrogen (secondary N) is 1. The zero-order chi connectivity index (χ0) is 13.8. The Morgan fingerprint density at radius 2 is 2.26 bits per heavy atom. The van der Waals surface area contributed by atoms with Crippen molar-refractivity contribution in [3.8, 4) is 0 Å². The van der Waals surface area contributed by atoms with Gasteiger partial charge in [0.05, 0.1) is 5.69 Å². The first-order valence-electron chi connectivity index (χ1n) is 6.97. The van der Waals surface area contributed by atoms with Crippen molar-refractivity contribution in [3.63, 3.8) is 0 Å². The van der Waals surface area contributed by atoms with Crippen LogP contribution >= 0.6 is 11.6 Å². The molecule has 0 aromatic heterocycles.